The van der Waals surface area contributed by atoms with Crippen molar-refractivity contribution in [1.29, 1.82) is 0 Å². The molecule has 7 heteroatoms. The second-order valence-corrected chi connectivity index (χ2v) is 6.19. The summed E-state index contributed by atoms with van der Waals surface area (Å²) in [6.45, 7) is 4.98. The topological polar surface area (TPSA) is 62.2 Å². The van der Waals surface area contributed by atoms with E-state index < -0.39 is 0 Å². The zero-order chi connectivity index (χ0) is 18.9. The molecule has 1 aromatic heterocycles. The van der Waals surface area contributed by atoms with Gasteiger partial charge in [0, 0.05) is 51.2 Å². The third kappa shape index (κ3) is 5.26. The predicted octanol–water partition coefficient (Wildman–Crippen LogP) is 1.87. The van der Waals surface area contributed by atoms with Crippen molar-refractivity contribution in [3.05, 3.63) is 48.8 Å². The van der Waals surface area contributed by atoms with Crippen molar-refractivity contribution in [1.82, 2.24) is 15.2 Å². The Bertz CT molecular complexity index is 730. The lowest BCUT2D eigenvalue weighted by Crippen LogP contribution is -2.53. The molecular formula is C20H27N5O2. The van der Waals surface area contributed by atoms with Crippen molar-refractivity contribution in [2.75, 3.05) is 58.4 Å². The Morgan fingerprint density at radius 3 is 2.67 bits per heavy atom. The zero-order valence-corrected chi connectivity index (χ0v) is 16.0. The Morgan fingerprint density at radius 2 is 1.96 bits per heavy atom. The van der Waals surface area contributed by atoms with Crippen molar-refractivity contribution in [2.45, 2.75) is 0 Å². The summed E-state index contributed by atoms with van der Waals surface area (Å²) in [7, 11) is 3.52. The molecule has 0 amide bonds. The van der Waals surface area contributed by atoms with Crippen molar-refractivity contribution < 1.29 is 9.47 Å². The fourth-order valence-electron chi connectivity index (χ4n) is 3.08. The normalized spacial score (nSPS) is 14.8. The molecule has 1 N–H and O–H groups in total. The third-order valence-electron chi connectivity index (χ3n) is 4.50. The van der Waals surface area contributed by atoms with Gasteiger partial charge < -0.3 is 24.6 Å². The van der Waals surface area contributed by atoms with Crippen LogP contribution in [0, 0.1) is 0 Å². The van der Waals surface area contributed by atoms with Crippen LogP contribution in [-0.4, -0.2) is 69.3 Å². The highest BCUT2D eigenvalue weighted by molar-refractivity contribution is 5.80. The molecule has 1 aliphatic heterocycles. The van der Waals surface area contributed by atoms with Gasteiger partial charge >= 0.3 is 0 Å². The number of rotatable bonds is 6. The second kappa shape index (κ2) is 9.66. The van der Waals surface area contributed by atoms with Crippen molar-refractivity contribution >= 4 is 11.6 Å². The lowest BCUT2D eigenvalue weighted by molar-refractivity contribution is 0.314. The molecule has 3 rings (SSSR count). The van der Waals surface area contributed by atoms with E-state index in [1.165, 1.54) is 5.69 Å². The van der Waals surface area contributed by atoms with Gasteiger partial charge in [0.25, 0.3) is 0 Å². The molecule has 0 spiro atoms. The molecule has 0 radical (unpaired) electrons. The highest BCUT2D eigenvalue weighted by atomic mass is 16.5. The van der Waals surface area contributed by atoms with Crippen molar-refractivity contribution in [3.8, 4) is 11.5 Å². The van der Waals surface area contributed by atoms with Crippen LogP contribution in [0.25, 0.3) is 0 Å². The summed E-state index contributed by atoms with van der Waals surface area (Å²) >= 11 is 0. The number of ether oxygens (including phenoxy) is 2. The number of pyridine rings is 1. The molecule has 2 aromatic rings. The Hall–Kier alpha value is -2.96. The minimum Gasteiger partial charge on any atom is -0.497 e. The van der Waals surface area contributed by atoms with Gasteiger partial charge in [0.05, 0.1) is 19.9 Å². The maximum Gasteiger partial charge on any atom is 0.193 e. The molecule has 0 saturated carbocycles. The number of piperazine rings is 1. The number of benzene rings is 1. The quantitative estimate of drug-likeness (QED) is 0.476. The lowest BCUT2D eigenvalue weighted by atomic mass is 10.2. The number of methoxy groups -OCH3 is 1. The first-order valence-electron chi connectivity index (χ1n) is 9.17. The van der Waals surface area contributed by atoms with Crippen molar-refractivity contribution in [2.24, 2.45) is 4.99 Å². The Kier molecular flexibility index (Phi) is 6.73. The molecule has 1 fully saturated rings. The minimum atomic E-state index is 0.564. The number of guanidine groups is 1. The largest absolute Gasteiger partial charge is 0.497 e. The SMILES string of the molecule is CN=C(NCCOc1cccnc1)N1CCN(c2cccc(OC)c2)CC1. The first-order chi connectivity index (χ1) is 13.3. The summed E-state index contributed by atoms with van der Waals surface area (Å²) in [5.74, 6) is 2.58. The zero-order valence-electron chi connectivity index (χ0n) is 16.0. The van der Waals surface area contributed by atoms with Crippen LogP contribution in [0.5, 0.6) is 11.5 Å². The number of hydrogen-bond donors (Lipinski definition) is 1. The van der Waals surface area contributed by atoms with Gasteiger partial charge in [-0.1, -0.05) is 6.07 Å². The van der Waals surface area contributed by atoms with Crippen LogP contribution >= 0.6 is 0 Å². The third-order valence-corrected chi connectivity index (χ3v) is 4.50. The van der Waals surface area contributed by atoms with Crippen LogP contribution in [0.15, 0.2) is 53.8 Å². The van der Waals surface area contributed by atoms with Gasteiger partial charge in [-0.15, -0.1) is 0 Å². The van der Waals surface area contributed by atoms with Crippen LogP contribution in [0.2, 0.25) is 0 Å². The Labute approximate surface area is 160 Å². The monoisotopic (exact) mass is 369 g/mol. The van der Waals surface area contributed by atoms with Gasteiger partial charge in [-0.2, -0.15) is 0 Å². The maximum atomic E-state index is 5.67. The highest BCUT2D eigenvalue weighted by Gasteiger charge is 2.20. The molecule has 0 bridgehead atoms. The van der Waals surface area contributed by atoms with Gasteiger partial charge in [0.15, 0.2) is 5.96 Å². The Balaban J connectivity index is 1.44. The lowest BCUT2D eigenvalue weighted by Gasteiger charge is -2.37. The van der Waals surface area contributed by atoms with E-state index >= 15 is 0 Å². The molecule has 27 heavy (non-hydrogen) atoms. The van der Waals surface area contributed by atoms with E-state index in [9.17, 15) is 0 Å². The smallest absolute Gasteiger partial charge is 0.193 e. The molecule has 1 aromatic carbocycles. The minimum absolute atomic E-state index is 0.564. The van der Waals surface area contributed by atoms with E-state index in [-0.39, 0.29) is 0 Å². The Morgan fingerprint density at radius 1 is 1.15 bits per heavy atom. The average Bonchev–Trinajstić information content (AvgIpc) is 2.75. The van der Waals surface area contributed by atoms with E-state index in [1.54, 1.807) is 19.5 Å². The summed E-state index contributed by atoms with van der Waals surface area (Å²) in [5.41, 5.74) is 1.20. The van der Waals surface area contributed by atoms with E-state index in [2.05, 4.69) is 37.2 Å². The molecule has 1 saturated heterocycles. The van der Waals surface area contributed by atoms with Crippen LogP contribution in [-0.2, 0) is 0 Å². The maximum absolute atomic E-state index is 5.67. The number of nitrogens with one attached hydrogen (secondary N) is 1. The summed E-state index contributed by atoms with van der Waals surface area (Å²) < 4.78 is 11.0. The molecule has 2 heterocycles. The standard InChI is InChI=1S/C20H27N5O2/c1-21-20(23-9-14-27-19-7-4-8-22-16-19)25-12-10-24(11-13-25)17-5-3-6-18(15-17)26-2/h3-8,15-16H,9-14H2,1-2H3,(H,21,23). The van der Waals surface area contributed by atoms with Crippen LogP contribution < -0.4 is 19.7 Å². The summed E-state index contributed by atoms with van der Waals surface area (Å²) in [6, 6.07) is 12.0. The summed E-state index contributed by atoms with van der Waals surface area (Å²) in [4.78, 5) is 13.1. The fraction of sp³-hybridized carbons (Fsp3) is 0.400. The van der Waals surface area contributed by atoms with Crippen LogP contribution in [0.4, 0.5) is 5.69 Å². The van der Waals surface area contributed by atoms with E-state index in [0.717, 1.165) is 43.6 Å². The second-order valence-electron chi connectivity index (χ2n) is 6.19. The van der Waals surface area contributed by atoms with Crippen LogP contribution in [0.1, 0.15) is 0 Å². The van der Waals surface area contributed by atoms with E-state index in [4.69, 9.17) is 9.47 Å². The molecule has 1 aliphatic rings. The molecule has 7 nitrogen and oxygen atoms in total. The number of aliphatic imine (C=N–C) groups is 1. The molecule has 0 aliphatic carbocycles. The van der Waals surface area contributed by atoms with Gasteiger partial charge in [-0.25, -0.2) is 0 Å². The van der Waals surface area contributed by atoms with E-state index in [1.807, 2.05) is 31.3 Å². The van der Waals surface area contributed by atoms with Gasteiger partial charge in [-0.3, -0.25) is 9.98 Å². The number of hydrogen-bond acceptors (Lipinski definition) is 5. The van der Waals surface area contributed by atoms with Crippen LogP contribution in [0.3, 0.4) is 0 Å². The molecule has 0 atom stereocenters. The first kappa shape index (κ1) is 18.8. The fourth-order valence-corrected chi connectivity index (χ4v) is 3.08. The predicted molar refractivity (Wildman–Crippen MR) is 108 cm³/mol. The summed E-state index contributed by atoms with van der Waals surface area (Å²) in [5, 5.41) is 3.37. The molecular weight excluding hydrogens is 342 g/mol. The highest BCUT2D eigenvalue weighted by Crippen LogP contribution is 2.22. The number of anilines is 1. The summed E-state index contributed by atoms with van der Waals surface area (Å²) in [6.07, 6.45) is 3.45. The average molecular weight is 369 g/mol. The van der Waals surface area contributed by atoms with Gasteiger partial charge in [0.2, 0.25) is 0 Å². The molecule has 0 unspecified atom stereocenters. The first-order valence-corrected chi connectivity index (χ1v) is 9.17. The number of aromatic nitrogens is 1. The van der Waals surface area contributed by atoms with Gasteiger partial charge in [0.1, 0.15) is 18.1 Å². The number of nitrogens with zero attached hydrogens (tertiary/aromatic N) is 4. The van der Waals surface area contributed by atoms with Crippen molar-refractivity contribution in [3.63, 3.8) is 0 Å². The van der Waals surface area contributed by atoms with E-state index in [0.29, 0.717) is 13.2 Å². The van der Waals surface area contributed by atoms with Gasteiger partial charge in [-0.05, 0) is 24.3 Å². The molecule has 144 valence electrons.